The minimum atomic E-state index is -0.531. The fourth-order valence-electron chi connectivity index (χ4n) is 3.29. The minimum absolute atomic E-state index is 0.0443. The van der Waals surface area contributed by atoms with E-state index in [9.17, 15) is 14.0 Å². The van der Waals surface area contributed by atoms with Crippen LogP contribution in [0.15, 0.2) is 52.1 Å². The van der Waals surface area contributed by atoms with Gasteiger partial charge < -0.3 is 4.57 Å². The Labute approximate surface area is 174 Å². The van der Waals surface area contributed by atoms with Crippen LogP contribution in [0, 0.1) is 5.82 Å². The SMILES string of the molecule is Cn1c(=O)c2c(nc(-c3cccc(Cl)c3)n2Cc2c(F)cccc2Cl)n(C)c1=O. The first kappa shape index (κ1) is 19.4. The third-order valence-corrected chi connectivity index (χ3v) is 5.40. The Morgan fingerprint density at radius 1 is 1.03 bits per heavy atom. The first-order valence-corrected chi connectivity index (χ1v) is 9.40. The molecule has 0 aliphatic carbocycles. The van der Waals surface area contributed by atoms with Crippen molar-refractivity contribution in [3.05, 3.63) is 84.7 Å². The number of aromatic nitrogens is 4. The second kappa shape index (κ2) is 7.17. The van der Waals surface area contributed by atoms with E-state index in [1.807, 2.05) is 0 Å². The van der Waals surface area contributed by atoms with Crippen molar-refractivity contribution in [1.82, 2.24) is 18.7 Å². The molecule has 0 spiro atoms. The highest BCUT2D eigenvalue weighted by molar-refractivity contribution is 6.31. The second-order valence-corrected chi connectivity index (χ2v) is 7.45. The van der Waals surface area contributed by atoms with E-state index in [2.05, 4.69) is 4.98 Å². The van der Waals surface area contributed by atoms with Gasteiger partial charge in [-0.05, 0) is 24.3 Å². The van der Waals surface area contributed by atoms with Crippen LogP contribution in [0.4, 0.5) is 4.39 Å². The molecule has 9 heteroatoms. The van der Waals surface area contributed by atoms with Crippen molar-refractivity contribution in [3.63, 3.8) is 0 Å². The lowest BCUT2D eigenvalue weighted by molar-refractivity contribution is 0.601. The molecule has 2 aromatic heterocycles. The zero-order valence-corrected chi connectivity index (χ0v) is 17.0. The molecule has 29 heavy (non-hydrogen) atoms. The van der Waals surface area contributed by atoms with Gasteiger partial charge in [-0.1, -0.05) is 41.4 Å². The van der Waals surface area contributed by atoms with Crippen molar-refractivity contribution in [3.8, 4) is 11.4 Å². The molecule has 0 aliphatic heterocycles. The van der Waals surface area contributed by atoms with Crippen LogP contribution in [0.3, 0.4) is 0 Å². The molecule has 0 saturated heterocycles. The lowest BCUT2D eigenvalue weighted by Gasteiger charge is -2.12. The zero-order chi connectivity index (χ0) is 20.9. The van der Waals surface area contributed by atoms with E-state index in [0.29, 0.717) is 16.4 Å². The maximum atomic E-state index is 14.5. The molecule has 4 rings (SSSR count). The standard InChI is InChI=1S/C20H15Cl2FN4O2/c1-25-18-16(19(28)26(2)20(25)29)27(10-13-14(22)7-4-8-15(13)23)17(24-18)11-5-3-6-12(21)9-11/h3-9H,10H2,1-2H3. The van der Waals surface area contributed by atoms with Crippen LogP contribution >= 0.6 is 23.2 Å². The van der Waals surface area contributed by atoms with Gasteiger partial charge in [0.15, 0.2) is 11.2 Å². The lowest BCUT2D eigenvalue weighted by Crippen LogP contribution is -2.37. The number of rotatable bonds is 3. The maximum absolute atomic E-state index is 14.5. The molecule has 4 aromatic rings. The highest BCUT2D eigenvalue weighted by atomic mass is 35.5. The number of fused-ring (bicyclic) bond motifs is 1. The van der Waals surface area contributed by atoms with Gasteiger partial charge in [-0.3, -0.25) is 13.9 Å². The number of aryl methyl sites for hydroxylation is 1. The number of benzene rings is 2. The van der Waals surface area contributed by atoms with E-state index in [-0.39, 0.29) is 28.3 Å². The molecule has 0 N–H and O–H groups in total. The molecule has 0 saturated carbocycles. The molecule has 0 atom stereocenters. The maximum Gasteiger partial charge on any atom is 0.332 e. The summed E-state index contributed by atoms with van der Waals surface area (Å²) in [7, 11) is 2.91. The van der Waals surface area contributed by atoms with Gasteiger partial charge in [0.25, 0.3) is 5.56 Å². The van der Waals surface area contributed by atoms with Gasteiger partial charge >= 0.3 is 5.69 Å². The van der Waals surface area contributed by atoms with Gasteiger partial charge in [0.1, 0.15) is 11.6 Å². The van der Waals surface area contributed by atoms with Crippen LogP contribution in [-0.2, 0) is 20.6 Å². The Hall–Kier alpha value is -2.90. The van der Waals surface area contributed by atoms with Crippen LogP contribution in [0.2, 0.25) is 10.0 Å². The summed E-state index contributed by atoms with van der Waals surface area (Å²) in [5.74, 6) is -0.127. The van der Waals surface area contributed by atoms with Crippen molar-refractivity contribution < 1.29 is 4.39 Å². The fraction of sp³-hybridized carbons (Fsp3) is 0.150. The Bertz CT molecular complexity index is 1370. The molecular weight excluding hydrogens is 418 g/mol. The average molecular weight is 433 g/mol. The highest BCUT2D eigenvalue weighted by Gasteiger charge is 2.22. The predicted molar refractivity (Wildman–Crippen MR) is 111 cm³/mol. The van der Waals surface area contributed by atoms with Gasteiger partial charge in [0, 0.05) is 35.3 Å². The molecule has 2 aromatic carbocycles. The normalized spacial score (nSPS) is 11.3. The summed E-state index contributed by atoms with van der Waals surface area (Å²) in [6, 6.07) is 11.3. The summed E-state index contributed by atoms with van der Waals surface area (Å²) in [6.45, 7) is -0.0443. The Morgan fingerprint density at radius 2 is 1.76 bits per heavy atom. The van der Waals surface area contributed by atoms with E-state index in [1.165, 1.54) is 30.8 Å². The average Bonchev–Trinajstić information content (AvgIpc) is 3.07. The van der Waals surface area contributed by atoms with Gasteiger partial charge in [-0.15, -0.1) is 0 Å². The highest BCUT2D eigenvalue weighted by Crippen LogP contribution is 2.28. The molecule has 0 unspecified atom stereocenters. The topological polar surface area (TPSA) is 61.8 Å². The van der Waals surface area contributed by atoms with E-state index in [0.717, 1.165) is 4.57 Å². The van der Waals surface area contributed by atoms with E-state index in [4.69, 9.17) is 23.2 Å². The van der Waals surface area contributed by atoms with E-state index >= 15 is 0 Å². The molecule has 0 bridgehead atoms. The van der Waals surface area contributed by atoms with E-state index < -0.39 is 17.1 Å². The minimum Gasteiger partial charge on any atom is -0.313 e. The van der Waals surface area contributed by atoms with Gasteiger partial charge in [-0.25, -0.2) is 14.2 Å². The van der Waals surface area contributed by atoms with Crippen LogP contribution in [0.5, 0.6) is 0 Å². The summed E-state index contributed by atoms with van der Waals surface area (Å²) in [5, 5.41) is 0.706. The van der Waals surface area contributed by atoms with Crippen LogP contribution in [-0.4, -0.2) is 18.7 Å². The Morgan fingerprint density at radius 3 is 2.45 bits per heavy atom. The summed E-state index contributed by atoms with van der Waals surface area (Å²) in [5.41, 5.74) is 0.165. The van der Waals surface area contributed by atoms with Crippen LogP contribution in [0.1, 0.15) is 5.56 Å². The summed E-state index contributed by atoms with van der Waals surface area (Å²) in [4.78, 5) is 29.8. The third kappa shape index (κ3) is 3.16. The first-order valence-electron chi connectivity index (χ1n) is 8.64. The Balaban J connectivity index is 2.11. The molecule has 0 amide bonds. The van der Waals surface area contributed by atoms with Gasteiger partial charge in [0.05, 0.1) is 6.54 Å². The monoisotopic (exact) mass is 432 g/mol. The van der Waals surface area contributed by atoms with Crippen molar-refractivity contribution in [2.24, 2.45) is 14.1 Å². The van der Waals surface area contributed by atoms with Crippen molar-refractivity contribution in [2.45, 2.75) is 6.54 Å². The first-order chi connectivity index (χ1) is 13.8. The molecular formula is C20H15Cl2FN4O2. The number of nitrogens with zero attached hydrogens (tertiary/aromatic N) is 4. The molecule has 0 aliphatic rings. The summed E-state index contributed by atoms with van der Waals surface area (Å²) >= 11 is 12.3. The lowest BCUT2D eigenvalue weighted by atomic mass is 10.2. The van der Waals surface area contributed by atoms with Crippen molar-refractivity contribution >= 4 is 34.4 Å². The second-order valence-electron chi connectivity index (χ2n) is 6.61. The fourth-order valence-corrected chi connectivity index (χ4v) is 3.70. The molecule has 148 valence electrons. The molecule has 2 heterocycles. The van der Waals surface area contributed by atoms with Crippen LogP contribution in [0.25, 0.3) is 22.6 Å². The van der Waals surface area contributed by atoms with Crippen molar-refractivity contribution in [2.75, 3.05) is 0 Å². The van der Waals surface area contributed by atoms with Crippen molar-refractivity contribution in [1.29, 1.82) is 0 Å². The van der Waals surface area contributed by atoms with E-state index in [1.54, 1.807) is 34.9 Å². The Kier molecular flexibility index (Phi) is 4.80. The third-order valence-electron chi connectivity index (χ3n) is 4.81. The van der Waals surface area contributed by atoms with Crippen LogP contribution < -0.4 is 11.2 Å². The largest absolute Gasteiger partial charge is 0.332 e. The molecule has 0 radical (unpaired) electrons. The summed E-state index contributed by atoms with van der Waals surface area (Å²) in [6.07, 6.45) is 0. The smallest absolute Gasteiger partial charge is 0.313 e. The zero-order valence-electron chi connectivity index (χ0n) is 15.5. The number of hydrogen-bond acceptors (Lipinski definition) is 3. The molecule has 0 fully saturated rings. The van der Waals surface area contributed by atoms with Gasteiger partial charge in [0.2, 0.25) is 0 Å². The number of halogens is 3. The number of imidazole rings is 1. The quantitative estimate of drug-likeness (QED) is 0.496. The van der Waals surface area contributed by atoms with Gasteiger partial charge in [-0.2, -0.15) is 0 Å². The predicted octanol–water partition coefficient (Wildman–Crippen LogP) is 3.59. The summed E-state index contributed by atoms with van der Waals surface area (Å²) < 4.78 is 18.3. The number of hydrogen-bond donors (Lipinski definition) is 0. The molecule has 6 nitrogen and oxygen atoms in total.